The Morgan fingerprint density at radius 2 is 1.75 bits per heavy atom. The molecule has 36 heavy (non-hydrogen) atoms. The summed E-state index contributed by atoms with van der Waals surface area (Å²) in [4.78, 5) is 41.5. The van der Waals surface area contributed by atoms with E-state index in [0.717, 1.165) is 12.8 Å². The lowest BCUT2D eigenvalue weighted by Gasteiger charge is -2.35. The van der Waals surface area contributed by atoms with Crippen molar-refractivity contribution in [1.82, 2.24) is 15.5 Å². The highest BCUT2D eigenvalue weighted by Gasteiger charge is 2.36. The Morgan fingerprint density at radius 1 is 1.14 bits per heavy atom. The van der Waals surface area contributed by atoms with E-state index in [0.29, 0.717) is 17.5 Å². The molecule has 1 aromatic rings. The molecule has 3 amide bonds. The molecule has 3 unspecified atom stereocenters. The molecule has 198 valence electrons. The molecule has 0 aliphatic heterocycles. The summed E-state index contributed by atoms with van der Waals surface area (Å²) in [7, 11) is 0. The second-order valence-corrected chi connectivity index (χ2v) is 10.5. The van der Waals surface area contributed by atoms with E-state index in [4.69, 9.17) is 11.2 Å². The molecule has 0 aromatic heterocycles. The Bertz CT molecular complexity index is 925. The van der Waals surface area contributed by atoms with Crippen LogP contribution in [0, 0.1) is 18.3 Å². The van der Waals surface area contributed by atoms with Gasteiger partial charge in [-0.05, 0) is 64.2 Å². The van der Waals surface area contributed by atoms with Gasteiger partial charge >= 0.3 is 6.09 Å². The monoisotopic (exact) mass is 497 g/mol. The molecule has 2 N–H and O–H groups in total. The number of terminal acetylenes is 1. The van der Waals surface area contributed by atoms with Crippen LogP contribution in [0.1, 0.15) is 84.9 Å². The summed E-state index contributed by atoms with van der Waals surface area (Å²) < 4.78 is 5.40. The van der Waals surface area contributed by atoms with Crippen LogP contribution in [0.15, 0.2) is 36.9 Å². The fourth-order valence-electron chi connectivity index (χ4n) is 3.87. The lowest BCUT2D eigenvalue weighted by Crippen LogP contribution is -2.54. The highest BCUT2D eigenvalue weighted by molar-refractivity contribution is 5.92. The van der Waals surface area contributed by atoms with Gasteiger partial charge in [-0.1, -0.05) is 51.3 Å². The Hall–Kier alpha value is -3.27. The second-order valence-electron chi connectivity index (χ2n) is 10.5. The van der Waals surface area contributed by atoms with E-state index in [-0.39, 0.29) is 24.4 Å². The summed E-state index contributed by atoms with van der Waals surface area (Å²) >= 11 is 0. The maximum atomic E-state index is 13.9. The van der Waals surface area contributed by atoms with E-state index >= 15 is 0 Å². The van der Waals surface area contributed by atoms with Gasteiger partial charge in [0.2, 0.25) is 11.8 Å². The largest absolute Gasteiger partial charge is 0.444 e. The van der Waals surface area contributed by atoms with Crippen molar-refractivity contribution < 1.29 is 19.1 Å². The second kappa shape index (κ2) is 14.3. The number of carbonyl (C=O) groups is 3. The molecule has 0 saturated carbocycles. The average molecular weight is 498 g/mol. The first-order valence-corrected chi connectivity index (χ1v) is 12.6. The molecule has 0 radical (unpaired) electrons. The van der Waals surface area contributed by atoms with E-state index in [1.54, 1.807) is 51.1 Å². The Balaban J connectivity index is 3.46. The van der Waals surface area contributed by atoms with Gasteiger partial charge < -0.3 is 20.3 Å². The number of amides is 3. The van der Waals surface area contributed by atoms with Crippen molar-refractivity contribution in [1.29, 1.82) is 0 Å². The summed E-state index contributed by atoms with van der Waals surface area (Å²) in [5.41, 5.74) is 0.571. The molecule has 0 saturated heterocycles. The fraction of sp³-hybridized carbons (Fsp3) is 0.552. The van der Waals surface area contributed by atoms with Gasteiger partial charge in [0.15, 0.2) is 0 Å². The van der Waals surface area contributed by atoms with Crippen LogP contribution in [0.25, 0.3) is 0 Å². The molecule has 0 bridgehead atoms. The first-order chi connectivity index (χ1) is 16.8. The van der Waals surface area contributed by atoms with Gasteiger partial charge in [-0.25, -0.2) is 4.79 Å². The molecule has 1 rings (SSSR count). The third-order valence-corrected chi connectivity index (χ3v) is 5.37. The smallest absolute Gasteiger partial charge is 0.408 e. The summed E-state index contributed by atoms with van der Waals surface area (Å²) in [5.74, 6) is 1.98. The van der Waals surface area contributed by atoms with E-state index in [2.05, 4.69) is 23.1 Å². The van der Waals surface area contributed by atoms with Crippen molar-refractivity contribution >= 4 is 17.9 Å². The van der Waals surface area contributed by atoms with Crippen molar-refractivity contribution in [2.75, 3.05) is 6.54 Å². The van der Waals surface area contributed by atoms with Gasteiger partial charge in [-0.2, -0.15) is 0 Å². The first-order valence-electron chi connectivity index (χ1n) is 12.6. The van der Waals surface area contributed by atoms with Gasteiger partial charge in [0, 0.05) is 18.2 Å². The molecule has 3 atom stereocenters. The van der Waals surface area contributed by atoms with Crippen LogP contribution >= 0.6 is 0 Å². The Morgan fingerprint density at radius 3 is 2.22 bits per heavy atom. The van der Waals surface area contributed by atoms with Crippen LogP contribution in [-0.4, -0.2) is 47.0 Å². The minimum Gasteiger partial charge on any atom is -0.444 e. The lowest BCUT2D eigenvalue weighted by atomic mass is 9.98. The van der Waals surface area contributed by atoms with Crippen molar-refractivity contribution in [2.24, 2.45) is 5.92 Å². The number of carbonyl (C=O) groups excluding carboxylic acids is 3. The minimum atomic E-state index is -0.934. The number of benzene rings is 1. The van der Waals surface area contributed by atoms with Crippen molar-refractivity contribution in [3.63, 3.8) is 0 Å². The van der Waals surface area contributed by atoms with Crippen LogP contribution in [0.5, 0.6) is 0 Å². The third kappa shape index (κ3) is 10.2. The molecule has 0 heterocycles. The van der Waals surface area contributed by atoms with Crippen LogP contribution in [-0.2, 0) is 14.3 Å². The number of nitrogens with zero attached hydrogens (tertiary/aromatic N) is 1. The topological polar surface area (TPSA) is 87.7 Å². The van der Waals surface area contributed by atoms with Crippen LogP contribution in [0.3, 0.4) is 0 Å². The Kier molecular flexibility index (Phi) is 12.2. The van der Waals surface area contributed by atoms with Gasteiger partial charge in [-0.3, -0.25) is 9.59 Å². The highest BCUT2D eigenvalue weighted by Crippen LogP contribution is 2.25. The summed E-state index contributed by atoms with van der Waals surface area (Å²) in [5, 5.41) is 5.76. The van der Waals surface area contributed by atoms with Gasteiger partial charge in [0.25, 0.3) is 0 Å². The van der Waals surface area contributed by atoms with Gasteiger partial charge in [0.1, 0.15) is 17.7 Å². The number of hydrogen-bond donors (Lipinski definition) is 2. The zero-order chi connectivity index (χ0) is 27.5. The van der Waals surface area contributed by atoms with E-state index < -0.39 is 29.7 Å². The van der Waals surface area contributed by atoms with Crippen LogP contribution < -0.4 is 10.6 Å². The third-order valence-electron chi connectivity index (χ3n) is 5.37. The van der Waals surface area contributed by atoms with Crippen molar-refractivity contribution in [3.8, 4) is 12.3 Å². The molecule has 0 fully saturated rings. The summed E-state index contributed by atoms with van der Waals surface area (Å²) in [6.07, 6.45) is 8.49. The van der Waals surface area contributed by atoms with Crippen LogP contribution in [0.4, 0.5) is 4.79 Å². The van der Waals surface area contributed by atoms with E-state index in [1.165, 1.54) is 4.90 Å². The number of ether oxygens (including phenoxy) is 1. The van der Waals surface area contributed by atoms with E-state index in [1.807, 2.05) is 27.7 Å². The van der Waals surface area contributed by atoms with Crippen LogP contribution in [0.2, 0.25) is 0 Å². The molecule has 0 aliphatic carbocycles. The molecule has 7 heteroatoms. The SMILES string of the molecule is C#Cc1ccc(C(C(=O)NC(C)CCC)N(CC=C)C(=O)C(CC(C)C)NC(=O)OC(C)(C)C)cc1. The zero-order valence-electron chi connectivity index (χ0n) is 22.9. The predicted molar refractivity (Wildman–Crippen MR) is 144 cm³/mol. The van der Waals surface area contributed by atoms with Gasteiger partial charge in [-0.15, -0.1) is 13.0 Å². The van der Waals surface area contributed by atoms with Crippen molar-refractivity contribution in [2.45, 2.75) is 91.5 Å². The molecule has 0 spiro atoms. The Labute approximate surface area is 217 Å². The van der Waals surface area contributed by atoms with Gasteiger partial charge in [0.05, 0.1) is 0 Å². The van der Waals surface area contributed by atoms with E-state index in [9.17, 15) is 14.4 Å². The molecular weight excluding hydrogens is 454 g/mol. The number of rotatable bonds is 12. The maximum absolute atomic E-state index is 13.9. The number of alkyl carbamates (subject to hydrolysis) is 1. The molecular formula is C29H43N3O4. The molecule has 7 nitrogen and oxygen atoms in total. The zero-order valence-corrected chi connectivity index (χ0v) is 22.9. The fourth-order valence-corrected chi connectivity index (χ4v) is 3.87. The molecule has 1 aromatic carbocycles. The summed E-state index contributed by atoms with van der Waals surface area (Å²) in [6, 6.07) is 5.11. The molecule has 0 aliphatic rings. The predicted octanol–water partition coefficient (Wildman–Crippen LogP) is 4.97. The summed E-state index contributed by atoms with van der Waals surface area (Å²) in [6.45, 7) is 17.1. The minimum absolute atomic E-state index is 0.0676. The lowest BCUT2D eigenvalue weighted by molar-refractivity contribution is -0.142. The normalized spacial score (nSPS) is 13.6. The number of nitrogens with one attached hydrogen (secondary N) is 2. The van der Waals surface area contributed by atoms with Crippen molar-refractivity contribution in [3.05, 3.63) is 48.0 Å². The quantitative estimate of drug-likeness (QED) is 0.315. The number of hydrogen-bond acceptors (Lipinski definition) is 4. The first kappa shape index (κ1) is 30.8. The average Bonchev–Trinajstić information content (AvgIpc) is 2.76. The standard InChI is InChI=1S/C29H43N3O4/c1-10-13-21(6)30-26(33)25(23-16-14-22(12-3)15-17-23)32(18-11-2)27(34)24(19-20(4)5)31-28(35)36-29(7,8)9/h3,11,14-17,20-21,24-25H,2,10,13,18-19H2,1,4-9H3,(H,30,33)(H,31,35). The maximum Gasteiger partial charge on any atom is 0.408 e. The highest BCUT2D eigenvalue weighted by atomic mass is 16.6.